The fraction of sp³-hybridized carbons (Fsp3) is 0.200. The van der Waals surface area contributed by atoms with Gasteiger partial charge in [-0.05, 0) is 51.3 Å². The molecule has 0 N–H and O–H groups in total. The highest BCUT2D eigenvalue weighted by atomic mass is 79.9. The molecule has 0 aromatic heterocycles. The summed E-state index contributed by atoms with van der Waals surface area (Å²) in [5, 5.41) is 0. The minimum atomic E-state index is -4.33. The molecule has 0 unspecified atom stereocenters. The topological polar surface area (TPSA) is 18.5 Å². The molecule has 0 aliphatic rings. The zero-order valence-electron chi connectivity index (χ0n) is 11.1. The van der Waals surface area contributed by atoms with E-state index in [1.54, 1.807) is 18.2 Å². The fourth-order valence-electron chi connectivity index (χ4n) is 1.77. The Morgan fingerprint density at radius 2 is 1.62 bits per heavy atom. The van der Waals surface area contributed by atoms with E-state index in [0.717, 1.165) is 22.2 Å². The monoisotopic (exact) mass is 360 g/mol. The lowest BCUT2D eigenvalue weighted by molar-refractivity contribution is -0.137. The zero-order valence-corrected chi connectivity index (χ0v) is 12.7. The number of rotatable bonds is 4. The molecule has 6 heteroatoms. The largest absolute Gasteiger partial charge is 0.466 e. The SMILES string of the molecule is COCOc1cc(-c2ccc(C(F)(F)F)cc2)ccc1Br. The molecule has 0 heterocycles. The third-order valence-corrected chi connectivity index (χ3v) is 3.46. The van der Waals surface area contributed by atoms with Gasteiger partial charge in [-0.15, -0.1) is 0 Å². The second kappa shape index (κ2) is 6.49. The number of hydrogen-bond donors (Lipinski definition) is 0. The lowest BCUT2D eigenvalue weighted by Gasteiger charge is -2.11. The van der Waals surface area contributed by atoms with Crippen molar-refractivity contribution in [3.8, 4) is 16.9 Å². The van der Waals surface area contributed by atoms with Crippen LogP contribution in [-0.2, 0) is 10.9 Å². The summed E-state index contributed by atoms with van der Waals surface area (Å²) in [5.41, 5.74) is 0.773. The van der Waals surface area contributed by atoms with Gasteiger partial charge >= 0.3 is 6.18 Å². The van der Waals surface area contributed by atoms with Gasteiger partial charge < -0.3 is 9.47 Å². The molecule has 0 fully saturated rings. The van der Waals surface area contributed by atoms with Crippen molar-refractivity contribution in [2.75, 3.05) is 13.9 Å². The van der Waals surface area contributed by atoms with Crippen LogP contribution in [0, 0.1) is 0 Å². The molecule has 0 radical (unpaired) electrons. The number of ether oxygens (including phenoxy) is 2. The van der Waals surface area contributed by atoms with Gasteiger partial charge in [0.15, 0.2) is 6.79 Å². The van der Waals surface area contributed by atoms with Crippen LogP contribution in [0.15, 0.2) is 46.9 Å². The van der Waals surface area contributed by atoms with E-state index in [-0.39, 0.29) is 6.79 Å². The van der Waals surface area contributed by atoms with E-state index in [4.69, 9.17) is 9.47 Å². The van der Waals surface area contributed by atoms with Crippen LogP contribution in [-0.4, -0.2) is 13.9 Å². The van der Waals surface area contributed by atoms with Crippen molar-refractivity contribution in [1.29, 1.82) is 0 Å². The summed E-state index contributed by atoms with van der Waals surface area (Å²) in [4.78, 5) is 0. The van der Waals surface area contributed by atoms with Gasteiger partial charge in [0, 0.05) is 7.11 Å². The van der Waals surface area contributed by atoms with Gasteiger partial charge in [0.2, 0.25) is 0 Å². The van der Waals surface area contributed by atoms with Gasteiger partial charge in [0.05, 0.1) is 10.0 Å². The van der Waals surface area contributed by atoms with Gasteiger partial charge in [0.1, 0.15) is 5.75 Å². The Balaban J connectivity index is 2.29. The Morgan fingerprint density at radius 1 is 1.00 bits per heavy atom. The highest BCUT2D eigenvalue weighted by Crippen LogP contribution is 2.33. The molecular formula is C15H12BrF3O2. The van der Waals surface area contributed by atoms with Crippen LogP contribution in [0.5, 0.6) is 5.75 Å². The Bertz CT molecular complexity index is 609. The summed E-state index contributed by atoms with van der Waals surface area (Å²) in [6.07, 6.45) is -4.33. The molecule has 0 saturated carbocycles. The predicted molar refractivity (Wildman–Crippen MR) is 77.1 cm³/mol. The second-order valence-corrected chi connectivity index (χ2v) is 5.13. The van der Waals surface area contributed by atoms with Crippen LogP contribution in [0.1, 0.15) is 5.56 Å². The number of alkyl halides is 3. The molecule has 2 aromatic carbocycles. The third kappa shape index (κ3) is 3.98. The summed E-state index contributed by atoms with van der Waals surface area (Å²) in [6, 6.07) is 10.3. The highest BCUT2D eigenvalue weighted by Gasteiger charge is 2.29. The Morgan fingerprint density at radius 3 is 2.19 bits per heavy atom. The molecule has 0 atom stereocenters. The van der Waals surface area contributed by atoms with Crippen LogP contribution in [0.2, 0.25) is 0 Å². The third-order valence-electron chi connectivity index (χ3n) is 2.81. The van der Waals surface area contributed by atoms with E-state index in [1.807, 2.05) is 0 Å². The Labute approximate surface area is 128 Å². The van der Waals surface area contributed by atoms with Crippen molar-refractivity contribution in [3.63, 3.8) is 0 Å². The first kappa shape index (κ1) is 15.9. The summed E-state index contributed by atoms with van der Waals surface area (Å²) in [6.45, 7) is 0.0923. The molecule has 0 amide bonds. The molecule has 112 valence electrons. The first-order valence-electron chi connectivity index (χ1n) is 6.01. The summed E-state index contributed by atoms with van der Waals surface area (Å²) >= 11 is 3.34. The molecule has 2 nitrogen and oxygen atoms in total. The first-order chi connectivity index (χ1) is 9.91. The maximum Gasteiger partial charge on any atom is 0.416 e. The maximum atomic E-state index is 12.5. The Hall–Kier alpha value is -1.53. The van der Waals surface area contributed by atoms with Gasteiger partial charge in [0.25, 0.3) is 0 Å². The Kier molecular flexibility index (Phi) is 4.90. The van der Waals surface area contributed by atoms with Crippen molar-refractivity contribution in [2.24, 2.45) is 0 Å². The van der Waals surface area contributed by atoms with E-state index < -0.39 is 11.7 Å². The number of halogens is 4. The average Bonchev–Trinajstić information content (AvgIpc) is 2.46. The lowest BCUT2D eigenvalue weighted by Crippen LogP contribution is -2.04. The maximum absolute atomic E-state index is 12.5. The van der Waals surface area contributed by atoms with E-state index in [1.165, 1.54) is 19.2 Å². The number of hydrogen-bond acceptors (Lipinski definition) is 2. The average molecular weight is 361 g/mol. The molecular weight excluding hydrogens is 349 g/mol. The minimum Gasteiger partial charge on any atom is -0.466 e. The lowest BCUT2D eigenvalue weighted by atomic mass is 10.0. The molecule has 0 aliphatic heterocycles. The predicted octanol–water partition coefficient (Wildman–Crippen LogP) is 5.12. The molecule has 21 heavy (non-hydrogen) atoms. The van der Waals surface area contributed by atoms with Crippen LogP contribution in [0.3, 0.4) is 0 Å². The minimum absolute atomic E-state index is 0.0923. The zero-order chi connectivity index (χ0) is 15.5. The molecule has 0 bridgehead atoms. The quantitative estimate of drug-likeness (QED) is 0.704. The van der Waals surface area contributed by atoms with Gasteiger partial charge in [-0.1, -0.05) is 18.2 Å². The van der Waals surface area contributed by atoms with Crippen LogP contribution < -0.4 is 4.74 Å². The van der Waals surface area contributed by atoms with Crippen molar-refractivity contribution < 1.29 is 22.6 Å². The molecule has 2 aromatic rings. The highest BCUT2D eigenvalue weighted by molar-refractivity contribution is 9.10. The van der Waals surface area contributed by atoms with Gasteiger partial charge in [-0.2, -0.15) is 13.2 Å². The molecule has 0 saturated heterocycles. The summed E-state index contributed by atoms with van der Waals surface area (Å²) in [7, 11) is 1.51. The second-order valence-electron chi connectivity index (χ2n) is 4.27. The van der Waals surface area contributed by atoms with Crippen LogP contribution in [0.4, 0.5) is 13.2 Å². The van der Waals surface area contributed by atoms with Crippen molar-refractivity contribution in [2.45, 2.75) is 6.18 Å². The van der Waals surface area contributed by atoms with Gasteiger partial charge in [-0.3, -0.25) is 0 Å². The number of benzene rings is 2. The van der Waals surface area contributed by atoms with Crippen molar-refractivity contribution >= 4 is 15.9 Å². The van der Waals surface area contributed by atoms with E-state index >= 15 is 0 Å². The standard InChI is InChI=1S/C15H12BrF3O2/c1-20-9-21-14-8-11(4-7-13(14)16)10-2-5-12(6-3-10)15(17,18)19/h2-8H,9H2,1H3. The fourth-order valence-corrected chi connectivity index (χ4v) is 2.13. The van der Waals surface area contributed by atoms with Gasteiger partial charge in [-0.25, -0.2) is 0 Å². The molecule has 0 aliphatic carbocycles. The van der Waals surface area contributed by atoms with Crippen LogP contribution in [0.25, 0.3) is 11.1 Å². The summed E-state index contributed by atoms with van der Waals surface area (Å²) in [5.74, 6) is 0.564. The van der Waals surface area contributed by atoms with Crippen LogP contribution >= 0.6 is 15.9 Å². The summed E-state index contributed by atoms with van der Waals surface area (Å²) < 4.78 is 48.6. The van der Waals surface area contributed by atoms with E-state index in [9.17, 15) is 13.2 Å². The number of methoxy groups -OCH3 is 1. The molecule has 2 rings (SSSR count). The van der Waals surface area contributed by atoms with Crippen molar-refractivity contribution in [3.05, 3.63) is 52.5 Å². The van der Waals surface area contributed by atoms with E-state index in [0.29, 0.717) is 11.3 Å². The normalized spacial score (nSPS) is 11.5. The molecule has 0 spiro atoms. The smallest absolute Gasteiger partial charge is 0.416 e. The first-order valence-corrected chi connectivity index (χ1v) is 6.80. The van der Waals surface area contributed by atoms with Crippen molar-refractivity contribution in [1.82, 2.24) is 0 Å². The van der Waals surface area contributed by atoms with E-state index in [2.05, 4.69) is 15.9 Å².